The van der Waals surface area contributed by atoms with Crippen molar-refractivity contribution in [2.24, 2.45) is 0 Å². The molecule has 6 heteroatoms. The van der Waals surface area contributed by atoms with Gasteiger partial charge in [-0.3, -0.25) is 9.59 Å². The smallest absolute Gasteiger partial charge is 0.305 e. The van der Waals surface area contributed by atoms with Gasteiger partial charge < -0.3 is 20.1 Å². The maximum absolute atomic E-state index is 13.0. The molecular formula is C20H22N2O4. The first-order valence-electron chi connectivity index (χ1n) is 8.61. The summed E-state index contributed by atoms with van der Waals surface area (Å²) in [6, 6.07) is 14.5. The Morgan fingerprint density at radius 1 is 1.23 bits per heavy atom. The van der Waals surface area contributed by atoms with Gasteiger partial charge in [0.2, 0.25) is 0 Å². The molecule has 0 bridgehead atoms. The van der Waals surface area contributed by atoms with Gasteiger partial charge in [0.1, 0.15) is 5.75 Å². The summed E-state index contributed by atoms with van der Waals surface area (Å²) in [6.45, 7) is 0.588. The minimum Gasteiger partial charge on any atom is -0.497 e. The molecule has 2 aromatic rings. The zero-order chi connectivity index (χ0) is 18.5. The first kappa shape index (κ1) is 17.8. The van der Waals surface area contributed by atoms with E-state index in [0.717, 1.165) is 24.3 Å². The van der Waals surface area contributed by atoms with E-state index in [-0.39, 0.29) is 18.4 Å². The zero-order valence-electron chi connectivity index (χ0n) is 14.6. The number of carbonyl (C=O) groups excluding carboxylic acids is 1. The molecule has 0 spiro atoms. The van der Waals surface area contributed by atoms with Crippen LogP contribution in [0.3, 0.4) is 0 Å². The van der Waals surface area contributed by atoms with E-state index in [4.69, 9.17) is 9.84 Å². The number of likely N-dealkylation sites (tertiary alicyclic amines) is 1. The van der Waals surface area contributed by atoms with Crippen molar-refractivity contribution in [3.8, 4) is 5.75 Å². The highest BCUT2D eigenvalue weighted by molar-refractivity contribution is 6.00. The summed E-state index contributed by atoms with van der Waals surface area (Å²) in [7, 11) is 1.60. The highest BCUT2D eigenvalue weighted by Crippen LogP contribution is 2.28. The van der Waals surface area contributed by atoms with Crippen molar-refractivity contribution < 1.29 is 19.4 Å². The van der Waals surface area contributed by atoms with Gasteiger partial charge in [0.15, 0.2) is 0 Å². The summed E-state index contributed by atoms with van der Waals surface area (Å²) < 4.78 is 5.23. The number of carboxylic acids is 1. The molecular weight excluding hydrogens is 332 g/mol. The maximum Gasteiger partial charge on any atom is 0.305 e. The number of anilines is 2. The number of hydrogen-bond acceptors (Lipinski definition) is 4. The number of aliphatic carboxylic acids is 1. The lowest BCUT2D eigenvalue weighted by atomic mass is 10.1. The van der Waals surface area contributed by atoms with Crippen LogP contribution in [0.4, 0.5) is 11.4 Å². The van der Waals surface area contributed by atoms with Crippen molar-refractivity contribution in [2.45, 2.75) is 25.3 Å². The number of nitrogens with one attached hydrogen (secondary N) is 1. The van der Waals surface area contributed by atoms with Crippen LogP contribution in [0.15, 0.2) is 48.5 Å². The van der Waals surface area contributed by atoms with Gasteiger partial charge in [0.05, 0.1) is 24.8 Å². The van der Waals surface area contributed by atoms with Gasteiger partial charge in [-0.25, -0.2) is 0 Å². The fourth-order valence-electron chi connectivity index (χ4n) is 3.31. The van der Waals surface area contributed by atoms with Gasteiger partial charge in [0, 0.05) is 24.3 Å². The number of benzene rings is 2. The Hall–Kier alpha value is -3.02. The third kappa shape index (κ3) is 3.96. The quantitative estimate of drug-likeness (QED) is 0.830. The summed E-state index contributed by atoms with van der Waals surface area (Å²) in [5, 5.41) is 12.3. The summed E-state index contributed by atoms with van der Waals surface area (Å²) in [6.07, 6.45) is 1.54. The number of amides is 1. The third-order valence-electron chi connectivity index (χ3n) is 4.55. The molecule has 26 heavy (non-hydrogen) atoms. The molecule has 3 rings (SSSR count). The summed E-state index contributed by atoms with van der Waals surface area (Å²) in [5.41, 5.74) is 2.03. The minimum absolute atomic E-state index is 0.0166. The fourth-order valence-corrected chi connectivity index (χ4v) is 3.31. The van der Waals surface area contributed by atoms with Crippen LogP contribution in [0.5, 0.6) is 5.75 Å². The lowest BCUT2D eigenvalue weighted by Gasteiger charge is -2.25. The van der Waals surface area contributed by atoms with Gasteiger partial charge in [-0.15, -0.1) is 0 Å². The monoisotopic (exact) mass is 354 g/mol. The van der Waals surface area contributed by atoms with E-state index in [0.29, 0.717) is 17.8 Å². The van der Waals surface area contributed by atoms with Crippen LogP contribution in [-0.2, 0) is 4.79 Å². The standard InChI is InChI=1S/C20H22N2O4/c1-26-16-8-4-6-14(12-16)21-18-10-3-2-9-17(18)20(25)22-11-5-7-15(22)13-19(23)24/h2-4,6,8-10,12,15,21H,5,7,11,13H2,1H3,(H,23,24). The molecule has 1 amide bonds. The third-order valence-corrected chi connectivity index (χ3v) is 4.55. The van der Waals surface area contributed by atoms with E-state index in [1.54, 1.807) is 18.1 Å². The molecule has 2 aromatic carbocycles. The van der Waals surface area contributed by atoms with E-state index in [9.17, 15) is 9.59 Å². The highest BCUT2D eigenvalue weighted by atomic mass is 16.5. The van der Waals surface area contributed by atoms with E-state index >= 15 is 0 Å². The Kier molecular flexibility index (Phi) is 5.41. The average Bonchev–Trinajstić information content (AvgIpc) is 3.09. The second-order valence-electron chi connectivity index (χ2n) is 6.30. The normalized spacial score (nSPS) is 16.3. The Morgan fingerprint density at radius 3 is 2.81 bits per heavy atom. The topological polar surface area (TPSA) is 78.9 Å². The van der Waals surface area contributed by atoms with E-state index in [1.165, 1.54) is 0 Å². The van der Waals surface area contributed by atoms with E-state index in [1.807, 2.05) is 42.5 Å². The first-order chi connectivity index (χ1) is 12.6. The van der Waals surface area contributed by atoms with Gasteiger partial charge in [-0.2, -0.15) is 0 Å². The molecule has 1 fully saturated rings. The van der Waals surface area contributed by atoms with Crippen molar-refractivity contribution in [3.05, 3.63) is 54.1 Å². The Bertz CT molecular complexity index is 806. The van der Waals surface area contributed by atoms with Crippen molar-refractivity contribution >= 4 is 23.3 Å². The van der Waals surface area contributed by atoms with E-state index < -0.39 is 5.97 Å². The molecule has 2 N–H and O–H groups in total. The summed E-state index contributed by atoms with van der Waals surface area (Å²) in [5.74, 6) is -0.294. The number of rotatable bonds is 6. The Morgan fingerprint density at radius 2 is 2.04 bits per heavy atom. The molecule has 6 nitrogen and oxygen atoms in total. The second kappa shape index (κ2) is 7.91. The van der Waals surface area contributed by atoms with E-state index in [2.05, 4.69) is 5.32 Å². The molecule has 1 saturated heterocycles. The molecule has 1 aliphatic heterocycles. The SMILES string of the molecule is COc1cccc(Nc2ccccc2C(=O)N2CCCC2CC(=O)O)c1. The number of methoxy groups -OCH3 is 1. The molecule has 0 aliphatic carbocycles. The number of ether oxygens (including phenoxy) is 1. The molecule has 136 valence electrons. The first-order valence-corrected chi connectivity index (χ1v) is 8.61. The number of carbonyl (C=O) groups is 2. The molecule has 1 aliphatic rings. The number of hydrogen-bond donors (Lipinski definition) is 2. The highest BCUT2D eigenvalue weighted by Gasteiger charge is 2.31. The molecule has 0 aromatic heterocycles. The van der Waals surface area contributed by atoms with Gasteiger partial charge in [-0.05, 0) is 37.1 Å². The van der Waals surface area contributed by atoms with Crippen LogP contribution < -0.4 is 10.1 Å². The zero-order valence-corrected chi connectivity index (χ0v) is 14.6. The lowest BCUT2D eigenvalue weighted by Crippen LogP contribution is -2.37. The van der Waals surface area contributed by atoms with Crippen molar-refractivity contribution in [3.63, 3.8) is 0 Å². The van der Waals surface area contributed by atoms with Crippen LogP contribution in [0.2, 0.25) is 0 Å². The predicted octanol–water partition coefficient (Wildman–Crippen LogP) is 3.52. The van der Waals surface area contributed by atoms with Gasteiger partial charge in [-0.1, -0.05) is 18.2 Å². The van der Waals surface area contributed by atoms with Crippen molar-refractivity contribution in [1.82, 2.24) is 4.90 Å². The largest absolute Gasteiger partial charge is 0.497 e. The minimum atomic E-state index is -0.877. The number of nitrogens with zero attached hydrogens (tertiary/aromatic N) is 1. The van der Waals surface area contributed by atoms with Crippen LogP contribution in [0.1, 0.15) is 29.6 Å². The van der Waals surface area contributed by atoms with Gasteiger partial charge >= 0.3 is 5.97 Å². The number of para-hydroxylation sites is 1. The molecule has 1 unspecified atom stereocenters. The summed E-state index contributed by atoms with van der Waals surface area (Å²) in [4.78, 5) is 25.8. The molecule has 0 saturated carbocycles. The fraction of sp³-hybridized carbons (Fsp3) is 0.300. The van der Waals surface area contributed by atoms with Crippen molar-refractivity contribution in [1.29, 1.82) is 0 Å². The van der Waals surface area contributed by atoms with Crippen LogP contribution in [0.25, 0.3) is 0 Å². The van der Waals surface area contributed by atoms with Crippen LogP contribution >= 0.6 is 0 Å². The second-order valence-corrected chi connectivity index (χ2v) is 6.30. The molecule has 0 radical (unpaired) electrons. The molecule has 1 atom stereocenters. The Labute approximate surface area is 152 Å². The Balaban J connectivity index is 1.84. The predicted molar refractivity (Wildman–Crippen MR) is 99.0 cm³/mol. The maximum atomic E-state index is 13.0. The van der Waals surface area contributed by atoms with Crippen LogP contribution in [0, 0.1) is 0 Å². The van der Waals surface area contributed by atoms with Crippen molar-refractivity contribution in [2.75, 3.05) is 19.0 Å². The average molecular weight is 354 g/mol. The van der Waals surface area contributed by atoms with Crippen LogP contribution in [-0.4, -0.2) is 41.6 Å². The number of carboxylic acid groups (broad SMARTS) is 1. The molecule has 1 heterocycles. The van der Waals surface area contributed by atoms with Gasteiger partial charge in [0.25, 0.3) is 5.91 Å². The lowest BCUT2D eigenvalue weighted by molar-refractivity contribution is -0.137. The summed E-state index contributed by atoms with van der Waals surface area (Å²) >= 11 is 0.